The van der Waals surface area contributed by atoms with E-state index in [0.717, 1.165) is 36.6 Å². The van der Waals surface area contributed by atoms with Gasteiger partial charge >= 0.3 is 0 Å². The van der Waals surface area contributed by atoms with Crippen molar-refractivity contribution in [2.45, 2.75) is 26.3 Å². The summed E-state index contributed by atoms with van der Waals surface area (Å²) in [5, 5.41) is 0. The molecule has 1 aromatic heterocycles. The third-order valence-electron chi connectivity index (χ3n) is 3.24. The van der Waals surface area contributed by atoms with E-state index in [0.29, 0.717) is 5.92 Å². The fraction of sp³-hybridized carbons (Fsp3) is 0.615. The number of aryl methyl sites for hydroxylation is 1. The second kappa shape index (κ2) is 4.92. The molecule has 1 fully saturated rings. The quantitative estimate of drug-likeness (QED) is 0.845. The molecular weight excluding hydrogens is 214 g/mol. The lowest BCUT2D eigenvalue weighted by atomic mass is 9.96. The number of anilines is 1. The highest BCUT2D eigenvalue weighted by Crippen LogP contribution is 2.31. The van der Waals surface area contributed by atoms with E-state index in [9.17, 15) is 0 Å². The maximum atomic E-state index is 6.08. The van der Waals surface area contributed by atoms with E-state index in [4.69, 9.17) is 10.5 Å². The summed E-state index contributed by atoms with van der Waals surface area (Å²) >= 11 is 0. The molecule has 0 amide bonds. The summed E-state index contributed by atoms with van der Waals surface area (Å²) in [5.74, 6) is 1.45. The van der Waals surface area contributed by atoms with Gasteiger partial charge in [0.05, 0.1) is 19.0 Å². The summed E-state index contributed by atoms with van der Waals surface area (Å²) in [5.41, 5.74) is 8.20. The van der Waals surface area contributed by atoms with Crippen molar-refractivity contribution >= 4 is 5.69 Å². The van der Waals surface area contributed by atoms with Gasteiger partial charge in [-0.1, -0.05) is 6.92 Å². The second-order valence-corrected chi connectivity index (χ2v) is 5.00. The van der Waals surface area contributed by atoms with E-state index in [1.165, 1.54) is 0 Å². The molecule has 0 radical (unpaired) electrons. The monoisotopic (exact) mass is 235 g/mol. The lowest BCUT2D eigenvalue weighted by Crippen LogP contribution is -2.46. The summed E-state index contributed by atoms with van der Waals surface area (Å²) in [7, 11) is 1.68. The van der Waals surface area contributed by atoms with Gasteiger partial charge in [0.2, 0.25) is 0 Å². The average Bonchev–Trinajstić information content (AvgIpc) is 2.27. The van der Waals surface area contributed by atoms with Crippen molar-refractivity contribution in [3.8, 4) is 5.75 Å². The van der Waals surface area contributed by atoms with Crippen LogP contribution in [0.2, 0.25) is 0 Å². The third-order valence-corrected chi connectivity index (χ3v) is 3.24. The standard InChI is InChI=1S/C13H21N3O/c1-9-4-11(14)8-16(7-9)12-5-10(2)15-6-13(12)17-3/h5-6,9,11H,4,7-8,14H2,1-3H3. The fourth-order valence-electron chi connectivity index (χ4n) is 2.53. The molecule has 0 spiro atoms. The molecule has 2 heterocycles. The van der Waals surface area contributed by atoms with Crippen LogP contribution < -0.4 is 15.4 Å². The highest BCUT2D eigenvalue weighted by molar-refractivity contribution is 5.58. The molecule has 2 atom stereocenters. The Morgan fingerprint density at radius 1 is 1.47 bits per heavy atom. The third kappa shape index (κ3) is 2.69. The number of nitrogens with two attached hydrogens (primary N) is 1. The number of ether oxygens (including phenoxy) is 1. The normalized spacial score (nSPS) is 24.8. The summed E-state index contributed by atoms with van der Waals surface area (Å²) in [4.78, 5) is 6.57. The SMILES string of the molecule is COc1cnc(C)cc1N1CC(C)CC(N)C1. The Bertz CT molecular complexity index is 384. The van der Waals surface area contributed by atoms with Gasteiger partial charge < -0.3 is 15.4 Å². The highest BCUT2D eigenvalue weighted by Gasteiger charge is 2.24. The van der Waals surface area contributed by atoms with Crippen molar-refractivity contribution in [1.82, 2.24) is 4.98 Å². The van der Waals surface area contributed by atoms with Crippen molar-refractivity contribution in [3.05, 3.63) is 18.0 Å². The molecule has 4 heteroatoms. The first kappa shape index (κ1) is 12.2. The van der Waals surface area contributed by atoms with Gasteiger partial charge in [0.25, 0.3) is 0 Å². The molecule has 0 aliphatic carbocycles. The lowest BCUT2D eigenvalue weighted by Gasteiger charge is -2.37. The van der Waals surface area contributed by atoms with Crippen LogP contribution in [0.3, 0.4) is 0 Å². The maximum Gasteiger partial charge on any atom is 0.160 e. The molecule has 1 aliphatic rings. The molecule has 1 aliphatic heterocycles. The van der Waals surface area contributed by atoms with Gasteiger partial charge in [-0.05, 0) is 25.3 Å². The van der Waals surface area contributed by atoms with Crippen molar-refractivity contribution in [1.29, 1.82) is 0 Å². The van der Waals surface area contributed by atoms with E-state index >= 15 is 0 Å². The predicted molar refractivity (Wildman–Crippen MR) is 69.5 cm³/mol. The van der Waals surface area contributed by atoms with Crippen LogP contribution in [0.15, 0.2) is 12.3 Å². The molecule has 0 saturated carbocycles. The van der Waals surface area contributed by atoms with E-state index in [2.05, 4.69) is 22.9 Å². The van der Waals surface area contributed by atoms with Crippen LogP contribution in [0.4, 0.5) is 5.69 Å². The number of pyridine rings is 1. The minimum absolute atomic E-state index is 0.247. The Morgan fingerprint density at radius 2 is 2.24 bits per heavy atom. The zero-order valence-electron chi connectivity index (χ0n) is 10.8. The molecule has 1 saturated heterocycles. The summed E-state index contributed by atoms with van der Waals surface area (Å²) < 4.78 is 5.38. The van der Waals surface area contributed by atoms with Crippen LogP contribution in [0, 0.1) is 12.8 Å². The van der Waals surface area contributed by atoms with Gasteiger partial charge in [0.15, 0.2) is 5.75 Å². The number of methoxy groups -OCH3 is 1. The number of rotatable bonds is 2. The summed E-state index contributed by atoms with van der Waals surface area (Å²) in [6.07, 6.45) is 2.89. The van der Waals surface area contributed by atoms with Crippen molar-refractivity contribution in [2.75, 3.05) is 25.1 Å². The number of nitrogens with zero attached hydrogens (tertiary/aromatic N) is 2. The largest absolute Gasteiger partial charge is 0.493 e. The smallest absolute Gasteiger partial charge is 0.160 e. The molecular formula is C13H21N3O. The molecule has 0 aromatic carbocycles. The molecule has 2 rings (SSSR count). The topological polar surface area (TPSA) is 51.4 Å². The van der Waals surface area contributed by atoms with Gasteiger partial charge in [-0.3, -0.25) is 4.98 Å². The lowest BCUT2D eigenvalue weighted by molar-refractivity contribution is 0.386. The van der Waals surface area contributed by atoms with Gasteiger partial charge in [-0.2, -0.15) is 0 Å². The molecule has 0 bridgehead atoms. The second-order valence-electron chi connectivity index (χ2n) is 5.00. The predicted octanol–water partition coefficient (Wildman–Crippen LogP) is 1.57. The Hall–Kier alpha value is -1.29. The number of piperidine rings is 1. The van der Waals surface area contributed by atoms with Crippen LogP contribution in [-0.4, -0.2) is 31.2 Å². The Morgan fingerprint density at radius 3 is 2.88 bits per heavy atom. The molecule has 94 valence electrons. The zero-order valence-corrected chi connectivity index (χ0v) is 10.8. The first-order valence-corrected chi connectivity index (χ1v) is 6.11. The Kier molecular flexibility index (Phi) is 3.52. The van der Waals surface area contributed by atoms with Gasteiger partial charge in [-0.25, -0.2) is 0 Å². The molecule has 2 unspecified atom stereocenters. The van der Waals surface area contributed by atoms with Crippen molar-refractivity contribution in [2.24, 2.45) is 11.7 Å². The number of hydrogen-bond acceptors (Lipinski definition) is 4. The molecule has 17 heavy (non-hydrogen) atoms. The zero-order chi connectivity index (χ0) is 12.4. The Labute approximate surface area is 103 Å². The van der Waals surface area contributed by atoms with Crippen LogP contribution in [0.5, 0.6) is 5.75 Å². The average molecular weight is 235 g/mol. The van der Waals surface area contributed by atoms with Crippen molar-refractivity contribution < 1.29 is 4.74 Å². The first-order valence-electron chi connectivity index (χ1n) is 6.11. The van der Waals surface area contributed by atoms with Gasteiger partial charge in [0.1, 0.15) is 0 Å². The van der Waals surface area contributed by atoms with Gasteiger partial charge in [0, 0.05) is 24.8 Å². The number of hydrogen-bond donors (Lipinski definition) is 1. The summed E-state index contributed by atoms with van der Waals surface area (Å²) in [6.45, 7) is 6.17. The minimum atomic E-state index is 0.247. The van der Waals surface area contributed by atoms with Crippen LogP contribution >= 0.6 is 0 Å². The van der Waals surface area contributed by atoms with E-state index in [1.54, 1.807) is 13.3 Å². The minimum Gasteiger partial charge on any atom is -0.493 e. The Balaban J connectivity index is 2.28. The first-order chi connectivity index (χ1) is 8.10. The van der Waals surface area contributed by atoms with Gasteiger partial charge in [-0.15, -0.1) is 0 Å². The molecule has 2 N–H and O–H groups in total. The van der Waals surface area contributed by atoms with E-state index < -0.39 is 0 Å². The number of aromatic nitrogens is 1. The van der Waals surface area contributed by atoms with Crippen LogP contribution in [0.1, 0.15) is 19.0 Å². The molecule has 4 nitrogen and oxygen atoms in total. The fourth-order valence-corrected chi connectivity index (χ4v) is 2.53. The maximum absolute atomic E-state index is 6.08. The van der Waals surface area contributed by atoms with Crippen LogP contribution in [-0.2, 0) is 0 Å². The van der Waals surface area contributed by atoms with Crippen molar-refractivity contribution in [3.63, 3.8) is 0 Å². The highest BCUT2D eigenvalue weighted by atomic mass is 16.5. The van der Waals surface area contributed by atoms with E-state index in [-0.39, 0.29) is 6.04 Å². The van der Waals surface area contributed by atoms with Crippen LogP contribution in [0.25, 0.3) is 0 Å². The summed E-state index contributed by atoms with van der Waals surface area (Å²) in [6, 6.07) is 2.32. The van der Waals surface area contributed by atoms with E-state index in [1.807, 2.05) is 6.92 Å². The molecule has 1 aromatic rings.